The summed E-state index contributed by atoms with van der Waals surface area (Å²) in [7, 11) is 0. The highest BCUT2D eigenvalue weighted by atomic mass is 16.6. The molecule has 0 aromatic heterocycles. The van der Waals surface area contributed by atoms with Crippen molar-refractivity contribution in [2.45, 2.75) is 6.61 Å². The van der Waals surface area contributed by atoms with Crippen LogP contribution in [0.5, 0.6) is 0 Å². The fourth-order valence-electron chi connectivity index (χ4n) is 2.88. The predicted octanol–water partition coefficient (Wildman–Crippen LogP) is 1.49. The number of ether oxygens (including phenoxy) is 1. The first-order chi connectivity index (χ1) is 8.79. The fraction of sp³-hybridized carbons (Fsp3) is 0.500. The second-order valence-corrected chi connectivity index (χ2v) is 5.12. The van der Waals surface area contributed by atoms with Crippen molar-refractivity contribution >= 4 is 6.09 Å². The summed E-state index contributed by atoms with van der Waals surface area (Å²) in [5.41, 5.74) is 1.00. The molecule has 4 nitrogen and oxygen atoms in total. The summed E-state index contributed by atoms with van der Waals surface area (Å²) in [6.45, 7) is 2.06. The van der Waals surface area contributed by atoms with Gasteiger partial charge in [-0.15, -0.1) is 0 Å². The van der Waals surface area contributed by atoms with E-state index in [9.17, 15) is 4.79 Å². The maximum atomic E-state index is 11.8. The van der Waals surface area contributed by atoms with Crippen LogP contribution in [0.25, 0.3) is 0 Å². The van der Waals surface area contributed by atoms with Crippen molar-refractivity contribution in [1.82, 2.24) is 4.90 Å². The molecule has 1 aromatic carbocycles. The van der Waals surface area contributed by atoms with Gasteiger partial charge in [-0.25, -0.2) is 4.79 Å². The van der Waals surface area contributed by atoms with E-state index in [2.05, 4.69) is 0 Å². The summed E-state index contributed by atoms with van der Waals surface area (Å²) in [6, 6.07) is 9.68. The zero-order chi connectivity index (χ0) is 12.5. The van der Waals surface area contributed by atoms with E-state index in [1.54, 1.807) is 4.90 Å². The van der Waals surface area contributed by atoms with Crippen molar-refractivity contribution in [1.29, 1.82) is 0 Å². The molecule has 0 radical (unpaired) electrons. The average Bonchev–Trinajstić information content (AvgIpc) is 2.88. The van der Waals surface area contributed by atoms with Crippen molar-refractivity contribution in [2.75, 3.05) is 19.7 Å². The second kappa shape index (κ2) is 4.61. The molecular weight excluding hydrogens is 230 g/mol. The van der Waals surface area contributed by atoms with Crippen LogP contribution in [0.2, 0.25) is 0 Å². The van der Waals surface area contributed by atoms with Crippen LogP contribution in [0.3, 0.4) is 0 Å². The highest BCUT2D eigenvalue weighted by molar-refractivity contribution is 5.68. The first kappa shape index (κ1) is 11.5. The Balaban J connectivity index is 1.46. The van der Waals surface area contributed by atoms with Gasteiger partial charge in [-0.3, -0.25) is 0 Å². The number of nitrogens with zero attached hydrogens (tertiary/aromatic N) is 1. The molecular formula is C14H17NO3. The van der Waals surface area contributed by atoms with E-state index in [0.29, 0.717) is 24.4 Å². The Morgan fingerprint density at radius 3 is 2.56 bits per heavy atom. The van der Waals surface area contributed by atoms with Crippen molar-refractivity contribution in [3.05, 3.63) is 35.9 Å². The van der Waals surface area contributed by atoms with Gasteiger partial charge in [0.05, 0.1) is 0 Å². The van der Waals surface area contributed by atoms with Gasteiger partial charge in [0, 0.05) is 19.7 Å². The van der Waals surface area contributed by atoms with E-state index >= 15 is 0 Å². The molecule has 1 aliphatic heterocycles. The summed E-state index contributed by atoms with van der Waals surface area (Å²) < 4.78 is 5.27. The monoisotopic (exact) mass is 247 g/mol. The minimum absolute atomic E-state index is 0.234. The molecule has 2 aliphatic rings. The topological polar surface area (TPSA) is 49.8 Å². The van der Waals surface area contributed by atoms with Gasteiger partial charge in [0.25, 0.3) is 0 Å². The molecule has 1 amide bonds. The molecule has 0 spiro atoms. The third-order valence-electron chi connectivity index (χ3n) is 4.05. The first-order valence-electron chi connectivity index (χ1n) is 6.36. The van der Waals surface area contributed by atoms with E-state index in [-0.39, 0.29) is 12.7 Å². The Hall–Kier alpha value is -1.55. The van der Waals surface area contributed by atoms with Crippen molar-refractivity contribution < 1.29 is 14.6 Å². The van der Waals surface area contributed by atoms with Gasteiger partial charge < -0.3 is 14.7 Å². The van der Waals surface area contributed by atoms with Crippen LogP contribution in [0.1, 0.15) is 5.56 Å². The minimum Gasteiger partial charge on any atom is -0.445 e. The predicted molar refractivity (Wildman–Crippen MR) is 65.8 cm³/mol. The molecule has 18 heavy (non-hydrogen) atoms. The molecule has 1 aliphatic carbocycles. The third kappa shape index (κ3) is 2.08. The van der Waals surface area contributed by atoms with E-state index < -0.39 is 0 Å². The lowest BCUT2D eigenvalue weighted by Crippen LogP contribution is -2.32. The molecule has 2 fully saturated rings. The Morgan fingerprint density at radius 1 is 1.28 bits per heavy atom. The summed E-state index contributed by atoms with van der Waals surface area (Å²) in [5.74, 6) is 1.42. The lowest BCUT2D eigenvalue weighted by Gasteiger charge is -2.19. The molecule has 3 atom stereocenters. The number of aliphatic hydroxyl groups is 1. The smallest absolute Gasteiger partial charge is 0.410 e. The number of carbonyl (C=O) groups excluding carboxylic acids is 1. The van der Waals surface area contributed by atoms with Crippen molar-refractivity contribution in [2.24, 2.45) is 17.8 Å². The van der Waals surface area contributed by atoms with Crippen LogP contribution in [-0.4, -0.2) is 35.8 Å². The largest absolute Gasteiger partial charge is 0.445 e. The summed E-state index contributed by atoms with van der Waals surface area (Å²) in [4.78, 5) is 13.6. The van der Waals surface area contributed by atoms with E-state index in [0.717, 1.165) is 18.7 Å². The summed E-state index contributed by atoms with van der Waals surface area (Å²) in [6.07, 6.45) is -0.234. The highest BCUT2D eigenvalue weighted by Crippen LogP contribution is 2.51. The van der Waals surface area contributed by atoms with Crippen LogP contribution in [0.4, 0.5) is 4.79 Å². The molecule has 4 heteroatoms. The fourth-order valence-corrected chi connectivity index (χ4v) is 2.88. The van der Waals surface area contributed by atoms with Crippen molar-refractivity contribution in [3.8, 4) is 0 Å². The van der Waals surface area contributed by atoms with Gasteiger partial charge >= 0.3 is 6.09 Å². The molecule has 0 bridgehead atoms. The number of fused-ring (bicyclic) bond motifs is 1. The number of benzene rings is 1. The standard InChI is InChI=1S/C14H17NO3/c16-8-13-11-6-15(7-12(11)13)14(17)18-9-10-4-2-1-3-5-10/h1-5,11-13,16H,6-9H2/t11-,12+,13?. The number of carbonyl (C=O) groups is 1. The molecule has 1 aromatic rings. The molecule has 1 saturated carbocycles. The maximum Gasteiger partial charge on any atom is 0.410 e. The Bertz CT molecular complexity index is 422. The van der Waals surface area contributed by atoms with Crippen LogP contribution in [-0.2, 0) is 11.3 Å². The number of hydrogen-bond donors (Lipinski definition) is 1. The van der Waals surface area contributed by atoms with Crippen LogP contribution < -0.4 is 0 Å². The number of amides is 1. The zero-order valence-corrected chi connectivity index (χ0v) is 10.2. The quantitative estimate of drug-likeness (QED) is 0.880. The number of likely N-dealkylation sites (tertiary alicyclic amines) is 1. The highest BCUT2D eigenvalue weighted by Gasteiger charge is 2.56. The first-order valence-corrected chi connectivity index (χ1v) is 6.36. The Labute approximate surface area is 106 Å². The van der Waals surface area contributed by atoms with E-state index in [1.807, 2.05) is 30.3 Å². The lowest BCUT2D eigenvalue weighted by molar-refractivity contribution is 0.0967. The van der Waals surface area contributed by atoms with Crippen LogP contribution in [0.15, 0.2) is 30.3 Å². The van der Waals surface area contributed by atoms with Crippen LogP contribution >= 0.6 is 0 Å². The van der Waals surface area contributed by atoms with Gasteiger partial charge in [-0.05, 0) is 23.3 Å². The molecule has 1 heterocycles. The van der Waals surface area contributed by atoms with Gasteiger partial charge in [-0.1, -0.05) is 30.3 Å². The van der Waals surface area contributed by atoms with E-state index in [4.69, 9.17) is 9.84 Å². The Kier molecular flexibility index (Phi) is 2.96. The molecule has 1 N–H and O–H groups in total. The normalized spacial score (nSPS) is 28.9. The minimum atomic E-state index is -0.234. The lowest BCUT2D eigenvalue weighted by atomic mass is 10.2. The average molecular weight is 247 g/mol. The van der Waals surface area contributed by atoms with Gasteiger partial charge in [-0.2, -0.15) is 0 Å². The van der Waals surface area contributed by atoms with Gasteiger partial charge in [0.15, 0.2) is 0 Å². The number of hydrogen-bond acceptors (Lipinski definition) is 3. The number of aliphatic hydroxyl groups excluding tert-OH is 1. The van der Waals surface area contributed by atoms with Gasteiger partial charge in [0.1, 0.15) is 6.61 Å². The summed E-state index contributed by atoms with van der Waals surface area (Å²) >= 11 is 0. The molecule has 96 valence electrons. The Morgan fingerprint density at radius 2 is 1.94 bits per heavy atom. The van der Waals surface area contributed by atoms with E-state index in [1.165, 1.54) is 0 Å². The third-order valence-corrected chi connectivity index (χ3v) is 4.05. The molecule has 1 unspecified atom stereocenters. The van der Waals surface area contributed by atoms with Crippen LogP contribution in [0, 0.1) is 17.8 Å². The molecule has 3 rings (SSSR count). The van der Waals surface area contributed by atoms with Crippen molar-refractivity contribution in [3.63, 3.8) is 0 Å². The maximum absolute atomic E-state index is 11.8. The zero-order valence-electron chi connectivity index (χ0n) is 10.2. The SMILES string of the molecule is O=C(OCc1ccccc1)N1C[C@@H]2C(CO)[C@@H]2C1. The van der Waals surface area contributed by atoms with Gasteiger partial charge in [0.2, 0.25) is 0 Å². The second-order valence-electron chi connectivity index (χ2n) is 5.12. The number of piperidine rings is 1. The molecule has 1 saturated heterocycles. The number of rotatable bonds is 3. The summed E-state index contributed by atoms with van der Waals surface area (Å²) in [5, 5.41) is 9.05.